The van der Waals surface area contributed by atoms with Crippen LogP contribution >= 0.6 is 11.6 Å². The van der Waals surface area contributed by atoms with E-state index >= 15 is 0 Å². The molecule has 2 rings (SSSR count). The fourth-order valence-electron chi connectivity index (χ4n) is 2.32. The standard InChI is InChI=1S/C20H19ClO6/c1-25-16-9-5-14(11-17(16)26-2)12-18(20(23)24)27-19(22)10-6-13-3-7-15(21)8-4-13/h3-11,18H,12H2,1-2H3,(H,23,24)/b10-6+. The molecule has 142 valence electrons. The second-order valence-corrected chi connectivity index (χ2v) is 5.98. The minimum absolute atomic E-state index is 0.00376. The summed E-state index contributed by atoms with van der Waals surface area (Å²) >= 11 is 5.80. The first-order chi connectivity index (χ1) is 12.9. The van der Waals surface area contributed by atoms with Gasteiger partial charge in [0.1, 0.15) is 0 Å². The number of aliphatic carboxylic acids is 1. The molecule has 0 saturated carbocycles. The third-order valence-corrected chi connectivity index (χ3v) is 3.94. The van der Waals surface area contributed by atoms with Crippen molar-refractivity contribution >= 4 is 29.6 Å². The predicted molar refractivity (Wildman–Crippen MR) is 101 cm³/mol. The van der Waals surface area contributed by atoms with Crippen LogP contribution < -0.4 is 9.47 Å². The molecule has 0 saturated heterocycles. The monoisotopic (exact) mass is 390 g/mol. The van der Waals surface area contributed by atoms with Crippen molar-refractivity contribution in [3.8, 4) is 11.5 Å². The van der Waals surface area contributed by atoms with Gasteiger partial charge in [0.15, 0.2) is 11.5 Å². The van der Waals surface area contributed by atoms with E-state index in [0.717, 1.165) is 5.56 Å². The van der Waals surface area contributed by atoms with E-state index < -0.39 is 18.0 Å². The van der Waals surface area contributed by atoms with Gasteiger partial charge in [-0.25, -0.2) is 9.59 Å². The van der Waals surface area contributed by atoms with E-state index in [1.807, 2.05) is 0 Å². The molecule has 2 aromatic carbocycles. The van der Waals surface area contributed by atoms with Gasteiger partial charge in [0.2, 0.25) is 6.10 Å². The van der Waals surface area contributed by atoms with Crippen LogP contribution in [0.5, 0.6) is 11.5 Å². The highest BCUT2D eigenvalue weighted by Crippen LogP contribution is 2.28. The van der Waals surface area contributed by atoms with Crippen LogP contribution in [0.25, 0.3) is 6.08 Å². The minimum atomic E-state index is -1.33. The Labute approximate surface area is 161 Å². The zero-order chi connectivity index (χ0) is 19.8. The lowest BCUT2D eigenvalue weighted by molar-refractivity contribution is -0.160. The van der Waals surface area contributed by atoms with E-state index in [1.165, 1.54) is 26.4 Å². The molecule has 0 aliphatic heterocycles. The second-order valence-electron chi connectivity index (χ2n) is 5.54. The fourth-order valence-corrected chi connectivity index (χ4v) is 2.44. The second kappa shape index (κ2) is 9.64. The molecule has 0 aromatic heterocycles. The number of benzene rings is 2. The van der Waals surface area contributed by atoms with E-state index in [-0.39, 0.29) is 6.42 Å². The average molecular weight is 391 g/mol. The van der Waals surface area contributed by atoms with Crippen LogP contribution in [-0.4, -0.2) is 37.4 Å². The average Bonchev–Trinajstić information content (AvgIpc) is 2.66. The van der Waals surface area contributed by atoms with Crippen molar-refractivity contribution in [2.24, 2.45) is 0 Å². The molecule has 0 aliphatic carbocycles. The highest BCUT2D eigenvalue weighted by molar-refractivity contribution is 6.30. The van der Waals surface area contributed by atoms with Gasteiger partial charge in [0.05, 0.1) is 14.2 Å². The van der Waals surface area contributed by atoms with Crippen molar-refractivity contribution in [2.45, 2.75) is 12.5 Å². The number of methoxy groups -OCH3 is 2. The number of hydrogen-bond donors (Lipinski definition) is 1. The fraction of sp³-hybridized carbons (Fsp3) is 0.200. The van der Waals surface area contributed by atoms with Crippen LogP contribution in [0.3, 0.4) is 0 Å². The van der Waals surface area contributed by atoms with Gasteiger partial charge >= 0.3 is 11.9 Å². The van der Waals surface area contributed by atoms with E-state index in [4.69, 9.17) is 25.8 Å². The van der Waals surface area contributed by atoms with Crippen LogP contribution in [0, 0.1) is 0 Å². The third kappa shape index (κ3) is 6.04. The van der Waals surface area contributed by atoms with Gasteiger partial charge < -0.3 is 19.3 Å². The van der Waals surface area contributed by atoms with Crippen LogP contribution in [0.2, 0.25) is 5.02 Å². The number of carboxylic acids is 1. The van der Waals surface area contributed by atoms with Gasteiger partial charge in [-0.2, -0.15) is 0 Å². The zero-order valence-corrected chi connectivity index (χ0v) is 15.6. The lowest BCUT2D eigenvalue weighted by atomic mass is 10.1. The predicted octanol–water partition coefficient (Wildman–Crippen LogP) is 3.61. The number of rotatable bonds is 8. The van der Waals surface area contributed by atoms with Crippen molar-refractivity contribution in [3.63, 3.8) is 0 Å². The number of halogens is 1. The summed E-state index contributed by atoms with van der Waals surface area (Å²) in [6.07, 6.45) is 1.36. The van der Waals surface area contributed by atoms with Crippen LogP contribution in [0.4, 0.5) is 0 Å². The Bertz CT molecular complexity index is 829. The van der Waals surface area contributed by atoms with E-state index in [9.17, 15) is 14.7 Å². The van der Waals surface area contributed by atoms with Crippen LogP contribution in [0.1, 0.15) is 11.1 Å². The highest BCUT2D eigenvalue weighted by atomic mass is 35.5. The van der Waals surface area contributed by atoms with Gasteiger partial charge in [-0.3, -0.25) is 0 Å². The molecule has 0 amide bonds. The van der Waals surface area contributed by atoms with Crippen molar-refractivity contribution in [3.05, 3.63) is 64.7 Å². The molecular formula is C20H19ClO6. The zero-order valence-electron chi connectivity index (χ0n) is 14.8. The highest BCUT2D eigenvalue weighted by Gasteiger charge is 2.22. The quantitative estimate of drug-likeness (QED) is 0.547. The molecule has 0 fully saturated rings. The molecule has 0 heterocycles. The SMILES string of the molecule is COc1ccc(CC(OC(=O)/C=C/c2ccc(Cl)cc2)C(=O)O)cc1OC. The Morgan fingerprint density at radius 1 is 1.07 bits per heavy atom. The summed E-state index contributed by atoms with van der Waals surface area (Å²) in [5.74, 6) is -1.00. The lowest BCUT2D eigenvalue weighted by Gasteiger charge is -2.14. The Kier molecular flexibility index (Phi) is 7.25. The van der Waals surface area contributed by atoms with Crippen molar-refractivity contribution < 1.29 is 28.9 Å². The molecule has 7 heteroatoms. The molecule has 0 radical (unpaired) electrons. The molecule has 0 bridgehead atoms. The summed E-state index contributed by atoms with van der Waals surface area (Å²) in [6, 6.07) is 11.8. The number of esters is 1. The number of carbonyl (C=O) groups is 2. The maximum absolute atomic E-state index is 12.0. The molecule has 0 aliphatic rings. The van der Waals surface area contributed by atoms with E-state index in [0.29, 0.717) is 22.1 Å². The van der Waals surface area contributed by atoms with E-state index in [2.05, 4.69) is 0 Å². The summed E-state index contributed by atoms with van der Waals surface area (Å²) in [6.45, 7) is 0. The molecule has 2 aromatic rings. The maximum Gasteiger partial charge on any atom is 0.345 e. The summed E-state index contributed by atoms with van der Waals surface area (Å²) in [4.78, 5) is 23.4. The van der Waals surface area contributed by atoms with E-state index in [1.54, 1.807) is 42.5 Å². The van der Waals surface area contributed by atoms with Crippen LogP contribution in [0.15, 0.2) is 48.5 Å². The number of carboxylic acid groups (broad SMARTS) is 1. The summed E-state index contributed by atoms with van der Waals surface area (Å²) in [7, 11) is 2.99. The summed E-state index contributed by atoms with van der Waals surface area (Å²) in [5, 5.41) is 9.93. The molecule has 1 atom stereocenters. The summed E-state index contributed by atoms with van der Waals surface area (Å²) < 4.78 is 15.4. The van der Waals surface area contributed by atoms with Gasteiger partial charge in [-0.05, 0) is 41.5 Å². The Hall–Kier alpha value is -2.99. The first kappa shape index (κ1) is 20.3. The largest absolute Gasteiger partial charge is 0.493 e. The smallest absolute Gasteiger partial charge is 0.345 e. The molecule has 0 spiro atoms. The molecule has 1 N–H and O–H groups in total. The van der Waals surface area contributed by atoms with Crippen molar-refractivity contribution in [1.82, 2.24) is 0 Å². The third-order valence-electron chi connectivity index (χ3n) is 3.68. The van der Waals surface area contributed by atoms with Gasteiger partial charge in [0, 0.05) is 17.5 Å². The Morgan fingerprint density at radius 3 is 2.33 bits per heavy atom. The Morgan fingerprint density at radius 2 is 1.74 bits per heavy atom. The topological polar surface area (TPSA) is 82.1 Å². The first-order valence-electron chi connectivity index (χ1n) is 8.01. The van der Waals surface area contributed by atoms with Gasteiger partial charge in [-0.1, -0.05) is 29.8 Å². The molecule has 1 unspecified atom stereocenters. The molecular weight excluding hydrogens is 372 g/mol. The first-order valence-corrected chi connectivity index (χ1v) is 8.38. The van der Waals surface area contributed by atoms with Gasteiger partial charge in [-0.15, -0.1) is 0 Å². The van der Waals surface area contributed by atoms with Crippen LogP contribution in [-0.2, 0) is 20.7 Å². The minimum Gasteiger partial charge on any atom is -0.493 e. The van der Waals surface area contributed by atoms with Gasteiger partial charge in [0.25, 0.3) is 0 Å². The normalized spacial score (nSPS) is 11.8. The maximum atomic E-state index is 12.0. The molecule has 6 nitrogen and oxygen atoms in total. The molecule has 27 heavy (non-hydrogen) atoms. The number of ether oxygens (including phenoxy) is 3. The number of hydrogen-bond acceptors (Lipinski definition) is 5. The Balaban J connectivity index is 2.05. The lowest BCUT2D eigenvalue weighted by Crippen LogP contribution is -2.28. The van der Waals surface area contributed by atoms with Crippen molar-refractivity contribution in [1.29, 1.82) is 0 Å². The van der Waals surface area contributed by atoms with Crippen molar-refractivity contribution in [2.75, 3.05) is 14.2 Å². The summed E-state index contributed by atoms with van der Waals surface area (Å²) in [5.41, 5.74) is 1.37. The number of carbonyl (C=O) groups excluding carboxylic acids is 1.